The van der Waals surface area contributed by atoms with Gasteiger partial charge in [-0.1, -0.05) is 48.0 Å². The quantitative estimate of drug-likeness (QED) is 0.583. The summed E-state index contributed by atoms with van der Waals surface area (Å²) in [6, 6.07) is 0. The molecular formula is C14H28O. The molecule has 2 atom stereocenters. The zero-order valence-electron chi connectivity index (χ0n) is 11.4. The maximum atomic E-state index is 6.11. The largest absolute Gasteiger partial charge is 0.377 e. The SMILES string of the molecule is CC(C)(C)C1CCCC(C(C)(C)C)OC1. The molecule has 0 aromatic rings. The predicted octanol–water partition coefficient (Wildman–Crippen LogP) is 4.26. The van der Waals surface area contributed by atoms with Gasteiger partial charge in [-0.3, -0.25) is 0 Å². The van der Waals surface area contributed by atoms with Crippen LogP contribution in [0, 0.1) is 16.7 Å². The van der Waals surface area contributed by atoms with Gasteiger partial charge in [-0.15, -0.1) is 0 Å². The smallest absolute Gasteiger partial charge is 0.0623 e. The van der Waals surface area contributed by atoms with Crippen LogP contribution in [-0.2, 0) is 4.74 Å². The molecule has 0 saturated carbocycles. The second-order valence-corrected chi connectivity index (χ2v) is 7.18. The van der Waals surface area contributed by atoms with Crippen LogP contribution in [0.25, 0.3) is 0 Å². The van der Waals surface area contributed by atoms with Crippen molar-refractivity contribution >= 4 is 0 Å². The number of ether oxygens (including phenoxy) is 1. The molecule has 1 fully saturated rings. The van der Waals surface area contributed by atoms with Gasteiger partial charge in [0.05, 0.1) is 12.7 Å². The van der Waals surface area contributed by atoms with Gasteiger partial charge >= 0.3 is 0 Å². The molecular weight excluding hydrogens is 184 g/mol. The van der Waals surface area contributed by atoms with Crippen LogP contribution in [-0.4, -0.2) is 12.7 Å². The summed E-state index contributed by atoms with van der Waals surface area (Å²) in [5.74, 6) is 0.727. The van der Waals surface area contributed by atoms with Crippen LogP contribution in [0.5, 0.6) is 0 Å². The lowest BCUT2D eigenvalue weighted by Crippen LogP contribution is -2.31. The van der Waals surface area contributed by atoms with Gasteiger partial charge in [0.1, 0.15) is 0 Å². The van der Waals surface area contributed by atoms with E-state index in [1.807, 2.05) is 0 Å². The maximum absolute atomic E-state index is 6.11. The van der Waals surface area contributed by atoms with Crippen molar-refractivity contribution in [3.8, 4) is 0 Å². The fraction of sp³-hybridized carbons (Fsp3) is 1.00. The highest BCUT2D eigenvalue weighted by molar-refractivity contribution is 4.81. The molecule has 0 bridgehead atoms. The molecule has 90 valence electrons. The second-order valence-electron chi connectivity index (χ2n) is 7.18. The highest BCUT2D eigenvalue weighted by Crippen LogP contribution is 2.36. The first kappa shape index (κ1) is 13.0. The Balaban J connectivity index is 2.57. The summed E-state index contributed by atoms with van der Waals surface area (Å²) in [5, 5.41) is 0. The predicted molar refractivity (Wildman–Crippen MR) is 66.0 cm³/mol. The summed E-state index contributed by atoms with van der Waals surface area (Å²) in [6.07, 6.45) is 4.33. The van der Waals surface area contributed by atoms with Gasteiger partial charge in [-0.25, -0.2) is 0 Å². The fourth-order valence-electron chi connectivity index (χ4n) is 2.31. The Hall–Kier alpha value is -0.0400. The highest BCUT2D eigenvalue weighted by Gasteiger charge is 2.32. The van der Waals surface area contributed by atoms with Crippen molar-refractivity contribution in [2.75, 3.05) is 6.61 Å². The standard InChI is InChI=1S/C14H28O/c1-13(2,3)11-8-7-9-12(15-10-11)14(4,5)6/h11-12H,7-10H2,1-6H3. The Morgan fingerprint density at radius 3 is 1.93 bits per heavy atom. The van der Waals surface area contributed by atoms with Crippen LogP contribution in [0.15, 0.2) is 0 Å². The van der Waals surface area contributed by atoms with E-state index in [0.29, 0.717) is 16.9 Å². The van der Waals surface area contributed by atoms with Gasteiger partial charge in [0.2, 0.25) is 0 Å². The highest BCUT2D eigenvalue weighted by atomic mass is 16.5. The molecule has 1 nitrogen and oxygen atoms in total. The monoisotopic (exact) mass is 212 g/mol. The van der Waals surface area contributed by atoms with Gasteiger partial charge in [-0.05, 0) is 29.6 Å². The first-order valence-corrected chi connectivity index (χ1v) is 6.33. The van der Waals surface area contributed by atoms with Crippen molar-refractivity contribution < 1.29 is 4.74 Å². The fourth-order valence-corrected chi connectivity index (χ4v) is 2.31. The van der Waals surface area contributed by atoms with E-state index >= 15 is 0 Å². The lowest BCUT2D eigenvalue weighted by Gasteiger charge is -2.32. The topological polar surface area (TPSA) is 9.23 Å². The van der Waals surface area contributed by atoms with Gasteiger partial charge in [0, 0.05) is 0 Å². The van der Waals surface area contributed by atoms with E-state index in [1.54, 1.807) is 0 Å². The molecule has 0 aliphatic carbocycles. The second kappa shape index (κ2) is 4.45. The summed E-state index contributed by atoms with van der Waals surface area (Å²) < 4.78 is 6.11. The van der Waals surface area contributed by atoms with Crippen molar-refractivity contribution in [2.24, 2.45) is 16.7 Å². The molecule has 0 radical (unpaired) electrons. The van der Waals surface area contributed by atoms with E-state index in [2.05, 4.69) is 41.5 Å². The minimum Gasteiger partial charge on any atom is -0.377 e. The molecule has 0 amide bonds. The van der Waals surface area contributed by atoms with E-state index in [-0.39, 0.29) is 0 Å². The Bertz CT molecular complexity index is 172. The van der Waals surface area contributed by atoms with Gasteiger partial charge < -0.3 is 4.74 Å². The van der Waals surface area contributed by atoms with Crippen LogP contribution in [0.4, 0.5) is 0 Å². The zero-order chi connectivity index (χ0) is 11.7. The molecule has 0 N–H and O–H groups in total. The van der Waals surface area contributed by atoms with E-state index in [4.69, 9.17) is 4.74 Å². The maximum Gasteiger partial charge on any atom is 0.0623 e. The Kier molecular flexibility index (Phi) is 3.86. The van der Waals surface area contributed by atoms with E-state index in [9.17, 15) is 0 Å². The number of rotatable bonds is 0. The van der Waals surface area contributed by atoms with E-state index < -0.39 is 0 Å². The molecule has 1 heterocycles. The van der Waals surface area contributed by atoms with Crippen molar-refractivity contribution in [3.05, 3.63) is 0 Å². The minimum atomic E-state index is 0.298. The average molecular weight is 212 g/mol. The molecule has 0 aromatic heterocycles. The third-order valence-corrected chi connectivity index (χ3v) is 3.71. The summed E-state index contributed by atoms with van der Waals surface area (Å²) >= 11 is 0. The van der Waals surface area contributed by atoms with E-state index in [0.717, 1.165) is 12.5 Å². The summed E-state index contributed by atoms with van der Waals surface area (Å²) in [6.45, 7) is 14.8. The molecule has 1 rings (SSSR count). The first-order valence-electron chi connectivity index (χ1n) is 6.33. The Morgan fingerprint density at radius 1 is 0.867 bits per heavy atom. The third-order valence-electron chi connectivity index (χ3n) is 3.71. The third kappa shape index (κ3) is 3.79. The lowest BCUT2D eigenvalue weighted by molar-refractivity contribution is -0.0380. The zero-order valence-corrected chi connectivity index (χ0v) is 11.4. The minimum absolute atomic E-state index is 0.298. The lowest BCUT2D eigenvalue weighted by atomic mass is 9.78. The molecule has 0 spiro atoms. The van der Waals surface area contributed by atoms with Crippen molar-refractivity contribution in [1.82, 2.24) is 0 Å². The van der Waals surface area contributed by atoms with Crippen LogP contribution in [0.3, 0.4) is 0 Å². The molecule has 1 saturated heterocycles. The number of hydrogen-bond donors (Lipinski definition) is 0. The normalized spacial score (nSPS) is 30.0. The average Bonchev–Trinajstić information content (AvgIpc) is 2.24. The first-order chi connectivity index (χ1) is 6.71. The van der Waals surface area contributed by atoms with E-state index in [1.165, 1.54) is 19.3 Å². The van der Waals surface area contributed by atoms with Gasteiger partial charge in [0.15, 0.2) is 0 Å². The van der Waals surface area contributed by atoms with Crippen molar-refractivity contribution in [1.29, 1.82) is 0 Å². The molecule has 1 aliphatic heterocycles. The van der Waals surface area contributed by atoms with Crippen LogP contribution in [0.1, 0.15) is 60.8 Å². The van der Waals surface area contributed by atoms with Crippen LogP contribution < -0.4 is 0 Å². The molecule has 1 heteroatoms. The summed E-state index contributed by atoms with van der Waals surface area (Å²) in [4.78, 5) is 0. The summed E-state index contributed by atoms with van der Waals surface area (Å²) in [7, 11) is 0. The van der Waals surface area contributed by atoms with Crippen LogP contribution in [0.2, 0.25) is 0 Å². The molecule has 15 heavy (non-hydrogen) atoms. The molecule has 2 unspecified atom stereocenters. The molecule has 0 aromatic carbocycles. The van der Waals surface area contributed by atoms with Gasteiger partial charge in [0.25, 0.3) is 0 Å². The van der Waals surface area contributed by atoms with Gasteiger partial charge in [-0.2, -0.15) is 0 Å². The summed E-state index contributed by atoms with van der Waals surface area (Å²) in [5.41, 5.74) is 0.694. The van der Waals surface area contributed by atoms with Crippen molar-refractivity contribution in [3.63, 3.8) is 0 Å². The Morgan fingerprint density at radius 2 is 1.47 bits per heavy atom. The van der Waals surface area contributed by atoms with Crippen molar-refractivity contribution in [2.45, 2.75) is 66.9 Å². The number of hydrogen-bond acceptors (Lipinski definition) is 1. The molecule has 1 aliphatic rings. The Labute approximate surface area is 95.6 Å². The van der Waals surface area contributed by atoms with Crippen LogP contribution >= 0.6 is 0 Å².